The van der Waals surface area contributed by atoms with Crippen molar-refractivity contribution in [2.45, 2.75) is 20.1 Å². The van der Waals surface area contributed by atoms with Crippen molar-refractivity contribution in [3.05, 3.63) is 98.8 Å². The van der Waals surface area contributed by atoms with Crippen LogP contribution in [0.3, 0.4) is 0 Å². The molecule has 0 spiro atoms. The Kier molecular flexibility index (Phi) is 7.29. The smallest absolute Gasteiger partial charge is 0.329 e. The first-order valence-corrected chi connectivity index (χ1v) is 11.6. The van der Waals surface area contributed by atoms with E-state index in [9.17, 15) is 9.59 Å². The van der Waals surface area contributed by atoms with E-state index in [0.717, 1.165) is 16.7 Å². The van der Waals surface area contributed by atoms with Gasteiger partial charge in [-0.1, -0.05) is 48.5 Å². The van der Waals surface area contributed by atoms with Crippen molar-refractivity contribution in [2.24, 2.45) is 0 Å². The zero-order valence-corrected chi connectivity index (χ0v) is 20.2. The van der Waals surface area contributed by atoms with Gasteiger partial charge in [-0.05, 0) is 76.5 Å². The molecular formula is C26H23IN2O4. The van der Waals surface area contributed by atoms with Crippen LogP contribution < -0.4 is 14.8 Å². The number of amides is 3. The molecule has 0 saturated carbocycles. The predicted octanol–water partition coefficient (Wildman–Crippen LogP) is 5.36. The summed E-state index contributed by atoms with van der Waals surface area (Å²) in [6.45, 7) is 3.01. The highest BCUT2D eigenvalue weighted by Crippen LogP contribution is 2.30. The van der Waals surface area contributed by atoms with Crippen molar-refractivity contribution in [2.75, 3.05) is 6.61 Å². The Morgan fingerprint density at radius 1 is 0.909 bits per heavy atom. The molecule has 0 atom stereocenters. The predicted molar refractivity (Wildman–Crippen MR) is 135 cm³/mol. The van der Waals surface area contributed by atoms with E-state index in [4.69, 9.17) is 9.47 Å². The summed E-state index contributed by atoms with van der Waals surface area (Å²) in [6, 6.07) is 22.5. The molecule has 3 aromatic rings. The zero-order chi connectivity index (χ0) is 23.2. The van der Waals surface area contributed by atoms with E-state index in [1.165, 1.54) is 8.47 Å². The Bertz CT molecular complexity index is 1180. The quantitative estimate of drug-likeness (QED) is 0.231. The molecule has 1 aliphatic heterocycles. The number of ether oxygens (including phenoxy) is 2. The van der Waals surface area contributed by atoms with Crippen molar-refractivity contribution in [1.82, 2.24) is 10.2 Å². The largest absolute Gasteiger partial charge is 0.490 e. The van der Waals surface area contributed by atoms with Crippen LogP contribution >= 0.6 is 22.6 Å². The van der Waals surface area contributed by atoms with Crippen LogP contribution in [0, 0.1) is 3.57 Å². The third-order valence-electron chi connectivity index (χ3n) is 5.03. The number of nitrogens with zero attached hydrogens (tertiary/aromatic N) is 1. The molecule has 0 aliphatic carbocycles. The fourth-order valence-corrected chi connectivity index (χ4v) is 3.75. The number of imide groups is 1. The number of benzene rings is 3. The van der Waals surface area contributed by atoms with Crippen LogP contribution in [0.2, 0.25) is 0 Å². The number of urea groups is 1. The maximum Gasteiger partial charge on any atom is 0.329 e. The van der Waals surface area contributed by atoms with E-state index in [1.807, 2.05) is 73.7 Å². The van der Waals surface area contributed by atoms with Crippen molar-refractivity contribution in [1.29, 1.82) is 0 Å². The van der Waals surface area contributed by atoms with Crippen LogP contribution in [0.25, 0.3) is 6.08 Å². The summed E-state index contributed by atoms with van der Waals surface area (Å²) in [5.74, 6) is 0.834. The van der Waals surface area contributed by atoms with Gasteiger partial charge in [-0.3, -0.25) is 9.69 Å². The number of nitrogens with one attached hydrogen (secondary N) is 1. The van der Waals surface area contributed by atoms with Crippen LogP contribution in [-0.4, -0.2) is 23.4 Å². The average molecular weight is 554 g/mol. The van der Waals surface area contributed by atoms with Gasteiger partial charge < -0.3 is 14.8 Å². The summed E-state index contributed by atoms with van der Waals surface area (Å²) in [5, 5.41) is 2.67. The van der Waals surface area contributed by atoms with Gasteiger partial charge in [0.2, 0.25) is 0 Å². The molecule has 1 aliphatic rings. The highest BCUT2D eigenvalue weighted by molar-refractivity contribution is 14.1. The molecule has 6 nitrogen and oxygen atoms in total. The Morgan fingerprint density at radius 3 is 2.39 bits per heavy atom. The number of hydrogen-bond donors (Lipinski definition) is 1. The summed E-state index contributed by atoms with van der Waals surface area (Å²) in [4.78, 5) is 26.4. The Labute approximate surface area is 206 Å². The summed E-state index contributed by atoms with van der Waals surface area (Å²) < 4.78 is 12.9. The topological polar surface area (TPSA) is 67.9 Å². The van der Waals surface area contributed by atoms with Crippen LogP contribution in [-0.2, 0) is 17.9 Å². The third-order valence-corrected chi connectivity index (χ3v) is 5.75. The van der Waals surface area contributed by atoms with Gasteiger partial charge in [0.1, 0.15) is 12.3 Å². The molecule has 0 aromatic heterocycles. The molecule has 3 aromatic carbocycles. The fraction of sp³-hybridized carbons (Fsp3) is 0.154. The molecule has 1 fully saturated rings. The highest BCUT2D eigenvalue weighted by Gasteiger charge is 2.33. The molecule has 1 saturated heterocycles. The Hall–Kier alpha value is -3.33. The second-order valence-electron chi connectivity index (χ2n) is 7.42. The monoisotopic (exact) mass is 554 g/mol. The lowest BCUT2D eigenvalue weighted by Crippen LogP contribution is -2.30. The number of halogens is 1. The van der Waals surface area contributed by atoms with Crippen molar-refractivity contribution in [3.63, 3.8) is 0 Å². The summed E-state index contributed by atoms with van der Waals surface area (Å²) in [5.41, 5.74) is 2.90. The molecule has 0 unspecified atom stereocenters. The molecule has 0 bridgehead atoms. The van der Waals surface area contributed by atoms with Gasteiger partial charge in [0.15, 0.2) is 11.5 Å². The third kappa shape index (κ3) is 5.73. The van der Waals surface area contributed by atoms with E-state index in [-0.39, 0.29) is 18.1 Å². The SMILES string of the molecule is CCOc1cc(/C=C2/NC(=O)N(Cc3ccccc3)C2=O)ccc1OCc1ccc(I)cc1. The molecule has 1 heterocycles. The van der Waals surface area contributed by atoms with Gasteiger partial charge in [-0.25, -0.2) is 4.79 Å². The summed E-state index contributed by atoms with van der Waals surface area (Å²) in [7, 11) is 0. The van der Waals surface area contributed by atoms with E-state index in [1.54, 1.807) is 12.1 Å². The molecular weight excluding hydrogens is 531 g/mol. The molecule has 33 heavy (non-hydrogen) atoms. The van der Waals surface area contributed by atoms with Crippen LogP contribution in [0.15, 0.2) is 78.5 Å². The lowest BCUT2D eigenvalue weighted by molar-refractivity contribution is -0.123. The van der Waals surface area contributed by atoms with Crippen LogP contribution in [0.4, 0.5) is 4.79 Å². The average Bonchev–Trinajstić information content (AvgIpc) is 3.08. The van der Waals surface area contributed by atoms with E-state index < -0.39 is 6.03 Å². The minimum Gasteiger partial charge on any atom is -0.490 e. The first kappa shape index (κ1) is 22.8. The van der Waals surface area contributed by atoms with Gasteiger partial charge in [-0.15, -0.1) is 0 Å². The molecule has 168 valence electrons. The molecule has 0 radical (unpaired) electrons. The van der Waals surface area contributed by atoms with Gasteiger partial charge in [0.05, 0.1) is 13.2 Å². The van der Waals surface area contributed by atoms with E-state index >= 15 is 0 Å². The number of carbonyl (C=O) groups excluding carboxylic acids is 2. The normalized spacial score (nSPS) is 14.5. The summed E-state index contributed by atoms with van der Waals surface area (Å²) >= 11 is 2.27. The van der Waals surface area contributed by atoms with Gasteiger partial charge in [0, 0.05) is 3.57 Å². The van der Waals surface area contributed by atoms with E-state index in [2.05, 4.69) is 27.9 Å². The first-order chi connectivity index (χ1) is 16.0. The number of carbonyl (C=O) groups is 2. The van der Waals surface area contributed by atoms with Crippen molar-refractivity contribution >= 4 is 40.6 Å². The lowest BCUT2D eigenvalue weighted by atomic mass is 10.1. The minimum absolute atomic E-state index is 0.221. The molecule has 3 amide bonds. The molecule has 1 N–H and O–H groups in total. The zero-order valence-electron chi connectivity index (χ0n) is 18.1. The van der Waals surface area contributed by atoms with E-state index in [0.29, 0.717) is 24.7 Å². The van der Waals surface area contributed by atoms with Crippen LogP contribution in [0.5, 0.6) is 11.5 Å². The highest BCUT2D eigenvalue weighted by atomic mass is 127. The molecule has 7 heteroatoms. The number of rotatable bonds is 8. The maximum atomic E-state index is 12.8. The van der Waals surface area contributed by atoms with Crippen LogP contribution in [0.1, 0.15) is 23.6 Å². The van der Waals surface area contributed by atoms with Gasteiger partial charge >= 0.3 is 6.03 Å². The molecule has 4 rings (SSSR count). The first-order valence-electron chi connectivity index (χ1n) is 10.6. The fourth-order valence-electron chi connectivity index (χ4n) is 3.39. The van der Waals surface area contributed by atoms with Gasteiger partial charge in [0.25, 0.3) is 5.91 Å². The van der Waals surface area contributed by atoms with Crippen molar-refractivity contribution in [3.8, 4) is 11.5 Å². The standard InChI is InChI=1S/C26H23IN2O4/c1-2-32-24-15-20(10-13-23(24)33-17-19-8-11-21(27)12-9-19)14-22-25(30)29(26(31)28-22)16-18-6-4-3-5-7-18/h3-15H,2,16-17H2,1H3,(H,28,31)/b22-14+. The lowest BCUT2D eigenvalue weighted by Gasteiger charge is -2.13. The maximum absolute atomic E-state index is 12.8. The van der Waals surface area contributed by atoms with Gasteiger partial charge in [-0.2, -0.15) is 0 Å². The Balaban J connectivity index is 1.50. The second kappa shape index (κ2) is 10.5. The number of hydrogen-bond acceptors (Lipinski definition) is 4. The summed E-state index contributed by atoms with van der Waals surface area (Å²) in [6.07, 6.45) is 1.65. The minimum atomic E-state index is -0.433. The second-order valence-corrected chi connectivity index (χ2v) is 8.67. The van der Waals surface area contributed by atoms with Crippen molar-refractivity contribution < 1.29 is 19.1 Å². The Morgan fingerprint density at radius 2 is 1.67 bits per heavy atom.